The molecule has 0 saturated carbocycles. The number of amides is 1. The first-order valence-electron chi connectivity index (χ1n) is 6.72. The highest BCUT2D eigenvalue weighted by molar-refractivity contribution is 9.10. The van der Waals surface area contributed by atoms with Crippen LogP contribution in [0.3, 0.4) is 0 Å². The van der Waals surface area contributed by atoms with Gasteiger partial charge in [0.2, 0.25) is 5.91 Å². The number of benzene rings is 1. The second kappa shape index (κ2) is 8.75. The molecule has 0 aliphatic heterocycles. The van der Waals surface area contributed by atoms with Crippen molar-refractivity contribution in [1.29, 1.82) is 0 Å². The molecule has 1 amide bonds. The van der Waals surface area contributed by atoms with Crippen LogP contribution in [-0.4, -0.2) is 17.3 Å². The molecule has 1 N–H and O–H groups in total. The largest absolute Gasteiger partial charge is 0.355 e. The van der Waals surface area contributed by atoms with E-state index in [1.165, 1.54) is 0 Å². The van der Waals surface area contributed by atoms with Crippen LogP contribution in [-0.2, 0) is 11.2 Å². The fraction of sp³-hybridized carbons (Fsp3) is 0.533. The molecule has 0 aliphatic carbocycles. The van der Waals surface area contributed by atoms with Crippen LogP contribution in [0.4, 0.5) is 0 Å². The van der Waals surface area contributed by atoms with Crippen LogP contribution in [0.1, 0.15) is 32.3 Å². The molecular weight excluding hydrogens is 370 g/mol. The van der Waals surface area contributed by atoms with Crippen molar-refractivity contribution in [2.24, 2.45) is 5.92 Å². The van der Waals surface area contributed by atoms with Crippen molar-refractivity contribution < 1.29 is 4.79 Å². The predicted octanol–water partition coefficient (Wildman–Crippen LogP) is 4.31. The molecule has 0 fully saturated rings. The van der Waals surface area contributed by atoms with E-state index in [2.05, 4.69) is 51.0 Å². The van der Waals surface area contributed by atoms with E-state index in [4.69, 9.17) is 0 Å². The zero-order chi connectivity index (χ0) is 14.3. The quantitative estimate of drug-likeness (QED) is 0.690. The summed E-state index contributed by atoms with van der Waals surface area (Å²) in [5.74, 6) is 0.694. The lowest BCUT2D eigenvalue weighted by Crippen LogP contribution is -2.33. The van der Waals surface area contributed by atoms with Crippen LogP contribution in [0.15, 0.2) is 28.7 Å². The second-order valence-electron chi connectivity index (χ2n) is 4.70. The van der Waals surface area contributed by atoms with E-state index in [-0.39, 0.29) is 5.91 Å². The summed E-state index contributed by atoms with van der Waals surface area (Å²) in [6, 6.07) is 7.86. The fourth-order valence-corrected chi connectivity index (χ4v) is 3.43. The van der Waals surface area contributed by atoms with Gasteiger partial charge < -0.3 is 5.32 Å². The van der Waals surface area contributed by atoms with Gasteiger partial charge in [0.1, 0.15) is 0 Å². The van der Waals surface area contributed by atoms with E-state index in [1.54, 1.807) is 0 Å². The predicted molar refractivity (Wildman–Crippen MR) is 87.6 cm³/mol. The highest BCUT2D eigenvalue weighted by Gasteiger charge is 2.16. The summed E-state index contributed by atoms with van der Waals surface area (Å²) in [6.45, 7) is 5.07. The van der Waals surface area contributed by atoms with Gasteiger partial charge in [-0.2, -0.15) is 0 Å². The minimum atomic E-state index is 0.0773. The summed E-state index contributed by atoms with van der Waals surface area (Å²) in [6.07, 6.45) is 2.70. The minimum absolute atomic E-state index is 0.0773. The van der Waals surface area contributed by atoms with Crippen molar-refractivity contribution in [2.75, 3.05) is 6.54 Å². The Morgan fingerprint density at radius 3 is 2.58 bits per heavy atom. The van der Waals surface area contributed by atoms with Gasteiger partial charge >= 0.3 is 0 Å². The highest BCUT2D eigenvalue weighted by atomic mass is 79.9. The van der Waals surface area contributed by atoms with E-state index in [9.17, 15) is 4.79 Å². The lowest BCUT2D eigenvalue weighted by Gasteiger charge is -2.19. The second-order valence-corrected chi connectivity index (χ2v) is 6.80. The maximum absolute atomic E-state index is 11.9. The van der Waals surface area contributed by atoms with Crippen LogP contribution in [0.5, 0.6) is 0 Å². The van der Waals surface area contributed by atoms with Crippen LogP contribution in [0, 0.1) is 5.92 Å². The first-order valence-corrected chi connectivity index (χ1v) is 8.42. The first-order chi connectivity index (χ1) is 9.06. The summed E-state index contributed by atoms with van der Waals surface area (Å²) < 4.78 is 1.01. The molecule has 4 heteroatoms. The van der Waals surface area contributed by atoms with Crippen LogP contribution in [0.2, 0.25) is 0 Å². The molecule has 0 bridgehead atoms. The third-order valence-corrected chi connectivity index (χ3v) is 4.87. The zero-order valence-electron chi connectivity index (χ0n) is 11.5. The number of halogens is 2. The normalized spacial score (nSPS) is 12.5. The Balaban J connectivity index is 2.39. The number of hydrogen-bond donors (Lipinski definition) is 1. The highest BCUT2D eigenvalue weighted by Crippen LogP contribution is 2.19. The van der Waals surface area contributed by atoms with Crippen LogP contribution in [0.25, 0.3) is 0 Å². The van der Waals surface area contributed by atoms with Gasteiger partial charge in [-0.15, -0.1) is 0 Å². The molecule has 0 heterocycles. The number of nitrogens with one attached hydrogen (secondary N) is 1. The van der Waals surface area contributed by atoms with E-state index in [1.807, 2.05) is 24.3 Å². The van der Waals surface area contributed by atoms with E-state index in [0.717, 1.165) is 22.9 Å². The average molecular weight is 391 g/mol. The minimum Gasteiger partial charge on any atom is -0.355 e. The number of alkyl halides is 1. The van der Waals surface area contributed by atoms with Crippen molar-refractivity contribution in [1.82, 2.24) is 5.32 Å². The van der Waals surface area contributed by atoms with E-state index >= 15 is 0 Å². The summed E-state index contributed by atoms with van der Waals surface area (Å²) >= 11 is 7.08. The Hall–Kier alpha value is -0.350. The SMILES string of the molecule is CCC(CC)C(Br)CNC(=O)Cc1cccc(Br)c1. The van der Waals surface area contributed by atoms with Crippen LogP contribution < -0.4 is 5.32 Å². The van der Waals surface area contributed by atoms with Gasteiger partial charge in [-0.05, 0) is 23.6 Å². The smallest absolute Gasteiger partial charge is 0.224 e. The monoisotopic (exact) mass is 389 g/mol. The lowest BCUT2D eigenvalue weighted by molar-refractivity contribution is -0.120. The van der Waals surface area contributed by atoms with Gasteiger partial charge in [0, 0.05) is 15.8 Å². The average Bonchev–Trinajstić information content (AvgIpc) is 2.38. The summed E-state index contributed by atoms with van der Waals surface area (Å²) in [4.78, 5) is 12.2. The van der Waals surface area contributed by atoms with Gasteiger partial charge in [-0.3, -0.25) is 4.79 Å². The number of hydrogen-bond acceptors (Lipinski definition) is 1. The Morgan fingerprint density at radius 2 is 2.00 bits per heavy atom. The third kappa shape index (κ3) is 6.09. The molecule has 1 unspecified atom stereocenters. The van der Waals surface area contributed by atoms with E-state index < -0.39 is 0 Å². The molecule has 0 radical (unpaired) electrons. The van der Waals surface area contributed by atoms with Gasteiger partial charge in [-0.25, -0.2) is 0 Å². The fourth-order valence-electron chi connectivity index (χ4n) is 2.07. The molecular formula is C15H21Br2NO. The molecule has 106 valence electrons. The number of carbonyl (C=O) groups is 1. The Morgan fingerprint density at radius 1 is 1.32 bits per heavy atom. The van der Waals surface area contributed by atoms with Crippen molar-refractivity contribution in [3.63, 3.8) is 0 Å². The molecule has 1 aromatic rings. The summed E-state index contributed by atoms with van der Waals surface area (Å²) in [5.41, 5.74) is 1.03. The van der Waals surface area contributed by atoms with Crippen LogP contribution >= 0.6 is 31.9 Å². The lowest BCUT2D eigenvalue weighted by atomic mass is 9.99. The Labute approximate surface area is 132 Å². The number of rotatable bonds is 7. The van der Waals surface area contributed by atoms with Crippen molar-refractivity contribution in [3.05, 3.63) is 34.3 Å². The summed E-state index contributed by atoms with van der Waals surface area (Å²) in [7, 11) is 0. The van der Waals surface area contributed by atoms with Gasteiger partial charge in [0.15, 0.2) is 0 Å². The van der Waals surface area contributed by atoms with Gasteiger partial charge in [0.25, 0.3) is 0 Å². The van der Waals surface area contributed by atoms with Gasteiger partial charge in [-0.1, -0.05) is 70.7 Å². The van der Waals surface area contributed by atoms with Crippen molar-refractivity contribution in [3.8, 4) is 0 Å². The zero-order valence-corrected chi connectivity index (χ0v) is 14.6. The van der Waals surface area contributed by atoms with Gasteiger partial charge in [0.05, 0.1) is 6.42 Å². The maximum Gasteiger partial charge on any atom is 0.224 e. The number of carbonyl (C=O) groups excluding carboxylic acids is 1. The van der Waals surface area contributed by atoms with E-state index in [0.29, 0.717) is 23.7 Å². The van der Waals surface area contributed by atoms with Crippen molar-refractivity contribution >= 4 is 37.8 Å². The molecule has 0 spiro atoms. The molecule has 19 heavy (non-hydrogen) atoms. The Bertz CT molecular complexity index is 405. The third-order valence-electron chi connectivity index (χ3n) is 3.31. The molecule has 1 aromatic carbocycles. The summed E-state index contributed by atoms with van der Waals surface area (Å²) in [5, 5.41) is 3.00. The van der Waals surface area contributed by atoms with Crippen molar-refractivity contribution in [2.45, 2.75) is 37.9 Å². The molecule has 0 saturated heterocycles. The maximum atomic E-state index is 11.9. The molecule has 1 rings (SSSR count). The molecule has 0 aliphatic rings. The first kappa shape index (κ1) is 16.7. The molecule has 0 aromatic heterocycles. The molecule has 1 atom stereocenters. The Kier molecular flexibility index (Phi) is 7.69. The standard InChI is InChI=1S/C15H21Br2NO/c1-3-12(4-2)14(17)10-18-15(19)9-11-6-5-7-13(16)8-11/h5-8,12,14H,3-4,9-10H2,1-2H3,(H,18,19). The molecule has 2 nitrogen and oxygen atoms in total. The topological polar surface area (TPSA) is 29.1 Å².